The summed E-state index contributed by atoms with van der Waals surface area (Å²) in [5.74, 6) is 0. The van der Waals surface area contributed by atoms with Crippen molar-refractivity contribution in [1.82, 2.24) is 0 Å². The number of nitro benzene ring substituents is 1. The molecular weight excluding hydrogens is 303 g/mol. The summed E-state index contributed by atoms with van der Waals surface area (Å²) in [5, 5.41) is 21.7. The fourth-order valence-electron chi connectivity index (χ4n) is 2.43. The second kappa shape index (κ2) is 5.76. The van der Waals surface area contributed by atoms with Gasteiger partial charge in [0, 0.05) is 19.2 Å². The molecule has 1 atom stereocenters. The number of anilines is 1. The SMILES string of the molecule is CC1(O)CCCN(c2cc(Cl)c(Cl)cc2[N+](=O)[O-])CC1. The van der Waals surface area contributed by atoms with Crippen molar-refractivity contribution in [1.29, 1.82) is 0 Å². The number of hydrogen-bond acceptors (Lipinski definition) is 4. The quantitative estimate of drug-likeness (QED) is 0.667. The highest BCUT2D eigenvalue weighted by Crippen LogP contribution is 2.37. The van der Waals surface area contributed by atoms with E-state index in [2.05, 4.69) is 0 Å². The van der Waals surface area contributed by atoms with E-state index in [4.69, 9.17) is 23.2 Å². The number of aliphatic hydroxyl groups is 1. The molecule has 20 heavy (non-hydrogen) atoms. The lowest BCUT2D eigenvalue weighted by Gasteiger charge is -2.24. The minimum Gasteiger partial charge on any atom is -0.390 e. The van der Waals surface area contributed by atoms with Gasteiger partial charge in [-0.3, -0.25) is 10.1 Å². The molecule has 0 aliphatic carbocycles. The van der Waals surface area contributed by atoms with E-state index < -0.39 is 10.5 Å². The Morgan fingerprint density at radius 3 is 2.60 bits per heavy atom. The molecule has 0 aromatic heterocycles. The van der Waals surface area contributed by atoms with E-state index in [0.29, 0.717) is 36.6 Å². The fraction of sp³-hybridized carbons (Fsp3) is 0.538. The fourth-order valence-corrected chi connectivity index (χ4v) is 2.75. The summed E-state index contributed by atoms with van der Waals surface area (Å²) in [4.78, 5) is 12.6. The number of rotatable bonds is 2. The lowest BCUT2D eigenvalue weighted by Crippen LogP contribution is -2.28. The Bertz CT molecular complexity index is 535. The van der Waals surface area contributed by atoms with Crippen LogP contribution in [0.5, 0.6) is 0 Å². The molecule has 0 spiro atoms. The minimum atomic E-state index is -0.722. The molecule has 1 heterocycles. The second-order valence-electron chi connectivity index (χ2n) is 5.35. The third-order valence-electron chi connectivity index (χ3n) is 3.62. The molecule has 0 saturated carbocycles. The van der Waals surface area contributed by atoms with Crippen LogP contribution in [0.15, 0.2) is 12.1 Å². The van der Waals surface area contributed by atoms with Crippen LogP contribution in [0.2, 0.25) is 10.0 Å². The van der Waals surface area contributed by atoms with Gasteiger partial charge < -0.3 is 10.0 Å². The maximum atomic E-state index is 11.2. The van der Waals surface area contributed by atoms with E-state index >= 15 is 0 Å². The maximum Gasteiger partial charge on any atom is 0.294 e. The highest BCUT2D eigenvalue weighted by molar-refractivity contribution is 6.42. The van der Waals surface area contributed by atoms with Crippen LogP contribution in [-0.2, 0) is 0 Å². The molecule has 1 aromatic rings. The summed E-state index contributed by atoms with van der Waals surface area (Å²) in [6.07, 6.45) is 2.01. The van der Waals surface area contributed by atoms with E-state index in [0.717, 1.165) is 6.42 Å². The van der Waals surface area contributed by atoms with Crippen molar-refractivity contribution in [2.75, 3.05) is 18.0 Å². The standard InChI is InChI=1S/C13H16Cl2N2O3/c1-13(18)3-2-5-16(6-4-13)11-7-9(14)10(15)8-12(11)17(19)20/h7-8,18H,2-6H2,1H3. The van der Waals surface area contributed by atoms with Crippen LogP contribution in [0.4, 0.5) is 11.4 Å². The van der Waals surface area contributed by atoms with Crippen LogP contribution in [0.1, 0.15) is 26.2 Å². The van der Waals surface area contributed by atoms with Crippen molar-refractivity contribution in [2.45, 2.75) is 31.8 Å². The van der Waals surface area contributed by atoms with Gasteiger partial charge in [0.1, 0.15) is 5.69 Å². The van der Waals surface area contributed by atoms with Gasteiger partial charge in [-0.15, -0.1) is 0 Å². The molecule has 2 rings (SSSR count). The van der Waals surface area contributed by atoms with Crippen molar-refractivity contribution in [3.05, 3.63) is 32.3 Å². The van der Waals surface area contributed by atoms with Gasteiger partial charge in [0.25, 0.3) is 5.69 Å². The lowest BCUT2D eigenvalue weighted by atomic mass is 9.98. The molecule has 0 amide bonds. The summed E-state index contributed by atoms with van der Waals surface area (Å²) in [5.41, 5.74) is -0.317. The minimum absolute atomic E-state index is 0.0547. The Balaban J connectivity index is 2.36. The van der Waals surface area contributed by atoms with Crippen molar-refractivity contribution >= 4 is 34.6 Å². The molecule has 1 unspecified atom stereocenters. The number of hydrogen-bond donors (Lipinski definition) is 1. The van der Waals surface area contributed by atoms with Gasteiger partial charge in [0.05, 0.1) is 20.6 Å². The molecule has 0 radical (unpaired) electrons. The molecule has 1 fully saturated rings. The molecule has 1 N–H and O–H groups in total. The third-order valence-corrected chi connectivity index (χ3v) is 4.34. The summed E-state index contributed by atoms with van der Waals surface area (Å²) >= 11 is 11.8. The molecular formula is C13H16Cl2N2O3. The Hall–Kier alpha value is -1.04. The smallest absolute Gasteiger partial charge is 0.294 e. The number of nitro groups is 1. The van der Waals surface area contributed by atoms with Gasteiger partial charge in [0.2, 0.25) is 0 Å². The average molecular weight is 319 g/mol. The zero-order valence-electron chi connectivity index (χ0n) is 11.1. The zero-order valence-corrected chi connectivity index (χ0v) is 12.6. The van der Waals surface area contributed by atoms with E-state index in [9.17, 15) is 15.2 Å². The first-order chi connectivity index (χ1) is 9.30. The Morgan fingerprint density at radius 2 is 1.95 bits per heavy atom. The molecule has 5 nitrogen and oxygen atoms in total. The van der Waals surface area contributed by atoms with Crippen LogP contribution in [0.3, 0.4) is 0 Å². The van der Waals surface area contributed by atoms with Gasteiger partial charge in [-0.05, 0) is 32.3 Å². The van der Waals surface area contributed by atoms with Gasteiger partial charge in [-0.25, -0.2) is 0 Å². The first-order valence-corrected chi connectivity index (χ1v) is 7.16. The molecule has 7 heteroatoms. The number of halogens is 2. The number of nitrogens with zero attached hydrogens (tertiary/aromatic N) is 2. The summed E-state index contributed by atoms with van der Waals surface area (Å²) in [6.45, 7) is 2.99. The topological polar surface area (TPSA) is 66.6 Å². The average Bonchev–Trinajstić information content (AvgIpc) is 2.53. The normalized spacial score (nSPS) is 23.5. The van der Waals surface area contributed by atoms with Gasteiger partial charge in [-0.2, -0.15) is 0 Å². The van der Waals surface area contributed by atoms with Crippen LogP contribution >= 0.6 is 23.2 Å². The van der Waals surface area contributed by atoms with Gasteiger partial charge >= 0.3 is 0 Å². The van der Waals surface area contributed by atoms with Gasteiger partial charge in [-0.1, -0.05) is 23.2 Å². The molecule has 0 bridgehead atoms. The monoisotopic (exact) mass is 318 g/mol. The van der Waals surface area contributed by atoms with Crippen molar-refractivity contribution in [2.24, 2.45) is 0 Å². The van der Waals surface area contributed by atoms with E-state index in [1.54, 1.807) is 6.92 Å². The van der Waals surface area contributed by atoms with E-state index in [1.807, 2.05) is 4.90 Å². The van der Waals surface area contributed by atoms with Crippen LogP contribution < -0.4 is 4.90 Å². The Kier molecular flexibility index (Phi) is 4.42. The first-order valence-electron chi connectivity index (χ1n) is 6.41. The highest BCUT2D eigenvalue weighted by atomic mass is 35.5. The van der Waals surface area contributed by atoms with Crippen molar-refractivity contribution in [3.8, 4) is 0 Å². The predicted molar refractivity (Wildman–Crippen MR) is 79.8 cm³/mol. The second-order valence-corrected chi connectivity index (χ2v) is 6.16. The molecule has 1 aliphatic heterocycles. The summed E-state index contributed by atoms with van der Waals surface area (Å²) in [7, 11) is 0. The van der Waals surface area contributed by atoms with Crippen LogP contribution in [0, 0.1) is 10.1 Å². The maximum absolute atomic E-state index is 11.2. The Morgan fingerprint density at radius 1 is 1.30 bits per heavy atom. The van der Waals surface area contributed by atoms with Crippen LogP contribution in [0.25, 0.3) is 0 Å². The largest absolute Gasteiger partial charge is 0.390 e. The van der Waals surface area contributed by atoms with Gasteiger partial charge in [0.15, 0.2) is 0 Å². The molecule has 110 valence electrons. The van der Waals surface area contributed by atoms with Crippen LogP contribution in [-0.4, -0.2) is 28.7 Å². The summed E-state index contributed by atoms with van der Waals surface area (Å²) < 4.78 is 0. The lowest BCUT2D eigenvalue weighted by molar-refractivity contribution is -0.384. The zero-order chi connectivity index (χ0) is 14.9. The summed E-state index contributed by atoms with van der Waals surface area (Å²) in [6, 6.07) is 2.81. The van der Waals surface area contributed by atoms with E-state index in [1.165, 1.54) is 12.1 Å². The third kappa shape index (κ3) is 3.34. The highest BCUT2D eigenvalue weighted by Gasteiger charge is 2.28. The van der Waals surface area contributed by atoms with E-state index in [-0.39, 0.29) is 10.7 Å². The number of benzene rings is 1. The Labute approximate surface area is 127 Å². The molecule has 1 aliphatic rings. The van der Waals surface area contributed by atoms with Crippen molar-refractivity contribution < 1.29 is 10.0 Å². The van der Waals surface area contributed by atoms with Crippen molar-refractivity contribution in [3.63, 3.8) is 0 Å². The first kappa shape index (κ1) is 15.4. The molecule has 1 saturated heterocycles. The predicted octanol–water partition coefficient (Wildman–Crippen LogP) is 3.64. The molecule has 1 aromatic carbocycles.